The molecule has 2 aromatic rings. The van der Waals surface area contributed by atoms with Crippen LogP contribution in [0.25, 0.3) is 0 Å². The second-order valence-electron chi connectivity index (χ2n) is 8.97. The molecule has 0 unspecified atom stereocenters. The van der Waals surface area contributed by atoms with E-state index in [4.69, 9.17) is 0 Å². The molecule has 2 N–H and O–H groups in total. The number of amides is 3. The predicted octanol–water partition coefficient (Wildman–Crippen LogP) is 2.46. The van der Waals surface area contributed by atoms with Crippen LogP contribution in [-0.4, -0.2) is 73.5 Å². The highest BCUT2D eigenvalue weighted by molar-refractivity contribution is 7.11. The van der Waals surface area contributed by atoms with Crippen molar-refractivity contribution in [2.45, 2.75) is 57.8 Å². The third-order valence-electron chi connectivity index (χ3n) is 6.77. The number of thiazole rings is 1. The smallest absolute Gasteiger partial charge is 0.319 e. The standard InChI is InChI=1S/C20H27N7O2S/c1-12-8-25-6-4-5-13(25)9-26(12)19(29)27-10-14-16(20(27,2)3)23-24-17(14)22-18(28)15-7-21-11-30-15/h7,11-13H,4-6,8-10H2,1-3H3,(H2,22,23,24,28)/t12-,13-/m0/s1. The van der Waals surface area contributed by atoms with E-state index in [9.17, 15) is 9.59 Å². The zero-order chi connectivity index (χ0) is 21.0. The molecule has 0 radical (unpaired) electrons. The molecule has 0 spiro atoms. The Hall–Kier alpha value is -2.46. The summed E-state index contributed by atoms with van der Waals surface area (Å²) >= 11 is 1.28. The van der Waals surface area contributed by atoms with Crippen LogP contribution in [0.4, 0.5) is 10.6 Å². The molecular weight excluding hydrogens is 402 g/mol. The summed E-state index contributed by atoms with van der Waals surface area (Å²) in [6, 6.07) is 0.721. The van der Waals surface area contributed by atoms with E-state index in [1.165, 1.54) is 24.0 Å². The molecule has 9 nitrogen and oxygen atoms in total. The van der Waals surface area contributed by atoms with Gasteiger partial charge in [-0.15, -0.1) is 11.3 Å². The minimum Gasteiger partial charge on any atom is -0.319 e. The number of H-pyrrole nitrogens is 1. The average Bonchev–Trinajstić information content (AvgIpc) is 3.47. The van der Waals surface area contributed by atoms with Crippen molar-refractivity contribution < 1.29 is 9.59 Å². The second kappa shape index (κ2) is 7.05. The number of nitrogens with one attached hydrogen (secondary N) is 2. The number of hydrogen-bond acceptors (Lipinski definition) is 6. The van der Waals surface area contributed by atoms with Crippen molar-refractivity contribution in [1.82, 2.24) is 29.9 Å². The number of urea groups is 1. The van der Waals surface area contributed by atoms with Gasteiger partial charge in [-0.05, 0) is 40.2 Å². The van der Waals surface area contributed by atoms with Gasteiger partial charge in [0.2, 0.25) is 0 Å². The van der Waals surface area contributed by atoms with Crippen molar-refractivity contribution in [3.63, 3.8) is 0 Å². The summed E-state index contributed by atoms with van der Waals surface area (Å²) < 4.78 is 0. The molecule has 2 aromatic heterocycles. The molecule has 5 rings (SSSR count). The maximum Gasteiger partial charge on any atom is 0.321 e. The van der Waals surface area contributed by atoms with E-state index in [0.29, 0.717) is 23.3 Å². The number of aromatic amines is 1. The molecule has 160 valence electrons. The fourth-order valence-corrected chi connectivity index (χ4v) is 5.55. The van der Waals surface area contributed by atoms with Gasteiger partial charge in [-0.3, -0.25) is 19.8 Å². The van der Waals surface area contributed by atoms with Crippen LogP contribution >= 0.6 is 11.3 Å². The molecule has 0 aliphatic carbocycles. The Morgan fingerprint density at radius 2 is 2.17 bits per heavy atom. The summed E-state index contributed by atoms with van der Waals surface area (Å²) in [6.07, 6.45) is 3.92. The normalized spacial score (nSPS) is 25.3. The van der Waals surface area contributed by atoms with Gasteiger partial charge in [-0.25, -0.2) is 4.79 Å². The summed E-state index contributed by atoms with van der Waals surface area (Å²) in [5.74, 6) is 0.251. The number of hydrogen-bond donors (Lipinski definition) is 2. The largest absolute Gasteiger partial charge is 0.321 e. The molecule has 0 saturated carbocycles. The first-order chi connectivity index (χ1) is 14.4. The van der Waals surface area contributed by atoms with Crippen LogP contribution in [0.3, 0.4) is 0 Å². The topological polar surface area (TPSA) is 97.5 Å². The van der Waals surface area contributed by atoms with Crippen molar-refractivity contribution in [3.05, 3.63) is 27.8 Å². The molecule has 3 amide bonds. The fourth-order valence-electron chi connectivity index (χ4n) is 5.03. The number of aromatic nitrogens is 3. The van der Waals surface area contributed by atoms with Crippen molar-refractivity contribution in [2.75, 3.05) is 25.0 Å². The first-order valence-corrected chi connectivity index (χ1v) is 11.3. The molecule has 10 heteroatoms. The summed E-state index contributed by atoms with van der Waals surface area (Å²) in [4.78, 5) is 37.0. The van der Waals surface area contributed by atoms with E-state index in [2.05, 4.69) is 32.3 Å². The van der Waals surface area contributed by atoms with Crippen LogP contribution in [0.5, 0.6) is 0 Å². The maximum absolute atomic E-state index is 13.6. The molecule has 3 aliphatic heterocycles. The monoisotopic (exact) mass is 429 g/mol. The van der Waals surface area contributed by atoms with Crippen LogP contribution in [0, 0.1) is 0 Å². The number of anilines is 1. The van der Waals surface area contributed by atoms with Gasteiger partial charge in [0.25, 0.3) is 5.91 Å². The van der Waals surface area contributed by atoms with Crippen molar-refractivity contribution in [3.8, 4) is 0 Å². The van der Waals surface area contributed by atoms with Gasteiger partial charge in [-0.1, -0.05) is 0 Å². The third-order valence-corrected chi connectivity index (χ3v) is 7.54. The fraction of sp³-hybridized carbons (Fsp3) is 0.600. The quantitative estimate of drug-likeness (QED) is 0.764. The van der Waals surface area contributed by atoms with Gasteiger partial charge in [-0.2, -0.15) is 5.10 Å². The maximum atomic E-state index is 13.6. The Labute approximate surface area is 179 Å². The van der Waals surface area contributed by atoms with Crippen LogP contribution < -0.4 is 5.32 Å². The summed E-state index contributed by atoms with van der Waals surface area (Å²) in [7, 11) is 0. The van der Waals surface area contributed by atoms with E-state index < -0.39 is 5.54 Å². The van der Waals surface area contributed by atoms with Gasteiger partial charge >= 0.3 is 6.03 Å². The zero-order valence-electron chi connectivity index (χ0n) is 17.5. The van der Waals surface area contributed by atoms with Gasteiger partial charge in [0.15, 0.2) is 5.82 Å². The summed E-state index contributed by atoms with van der Waals surface area (Å²) in [5.41, 5.74) is 2.85. The second-order valence-corrected chi connectivity index (χ2v) is 9.85. The molecule has 0 bridgehead atoms. The van der Waals surface area contributed by atoms with Crippen LogP contribution in [0.15, 0.2) is 11.7 Å². The van der Waals surface area contributed by atoms with Gasteiger partial charge in [0.05, 0.1) is 29.5 Å². The lowest BCUT2D eigenvalue weighted by molar-refractivity contribution is 0.0454. The lowest BCUT2D eigenvalue weighted by Gasteiger charge is -2.45. The Morgan fingerprint density at radius 3 is 2.93 bits per heavy atom. The molecule has 3 aliphatic rings. The first-order valence-electron chi connectivity index (χ1n) is 10.5. The first kappa shape index (κ1) is 19.5. The van der Waals surface area contributed by atoms with Gasteiger partial charge < -0.3 is 15.1 Å². The van der Waals surface area contributed by atoms with Crippen molar-refractivity contribution in [2.24, 2.45) is 0 Å². The van der Waals surface area contributed by atoms with Crippen molar-refractivity contribution in [1.29, 1.82) is 0 Å². The lowest BCUT2D eigenvalue weighted by Crippen LogP contribution is -2.60. The molecule has 5 heterocycles. The van der Waals surface area contributed by atoms with Crippen LogP contribution in [-0.2, 0) is 12.1 Å². The molecule has 2 atom stereocenters. The minimum absolute atomic E-state index is 0.0587. The average molecular weight is 430 g/mol. The highest BCUT2D eigenvalue weighted by Gasteiger charge is 2.47. The molecule has 2 fully saturated rings. The predicted molar refractivity (Wildman–Crippen MR) is 113 cm³/mol. The third kappa shape index (κ3) is 3.01. The van der Waals surface area contributed by atoms with Gasteiger partial charge in [0, 0.05) is 30.7 Å². The Morgan fingerprint density at radius 1 is 1.33 bits per heavy atom. The number of carbonyl (C=O) groups is 2. The molecule has 2 saturated heterocycles. The molecular formula is C20H27N7O2S. The van der Waals surface area contributed by atoms with E-state index in [1.807, 2.05) is 23.6 Å². The number of carbonyl (C=O) groups excluding carboxylic acids is 2. The number of fused-ring (bicyclic) bond motifs is 2. The zero-order valence-corrected chi connectivity index (χ0v) is 18.3. The van der Waals surface area contributed by atoms with Crippen LogP contribution in [0.2, 0.25) is 0 Å². The number of piperazine rings is 1. The lowest BCUT2D eigenvalue weighted by atomic mass is 10.0. The van der Waals surface area contributed by atoms with Crippen molar-refractivity contribution >= 4 is 29.1 Å². The minimum atomic E-state index is -0.528. The summed E-state index contributed by atoms with van der Waals surface area (Å²) in [5, 5.41) is 10.3. The molecule has 30 heavy (non-hydrogen) atoms. The molecule has 0 aromatic carbocycles. The van der Waals surface area contributed by atoms with Gasteiger partial charge in [0.1, 0.15) is 4.88 Å². The van der Waals surface area contributed by atoms with E-state index in [-0.39, 0.29) is 18.0 Å². The Balaban J connectivity index is 1.36. The number of nitrogens with zero attached hydrogens (tertiary/aromatic N) is 5. The Bertz CT molecular complexity index is 970. The highest BCUT2D eigenvalue weighted by atomic mass is 32.1. The number of rotatable bonds is 2. The van der Waals surface area contributed by atoms with E-state index in [1.54, 1.807) is 5.51 Å². The van der Waals surface area contributed by atoms with E-state index in [0.717, 1.165) is 37.3 Å². The Kier molecular flexibility index (Phi) is 4.59. The highest BCUT2D eigenvalue weighted by Crippen LogP contribution is 2.41. The van der Waals surface area contributed by atoms with E-state index >= 15 is 0 Å². The summed E-state index contributed by atoms with van der Waals surface area (Å²) in [6.45, 7) is 9.48. The van der Waals surface area contributed by atoms with Crippen LogP contribution in [0.1, 0.15) is 54.5 Å². The SMILES string of the molecule is C[C@H]1CN2CCC[C@H]2CN1C(=O)N1Cc2c(NC(=O)c3cncs3)n[nH]c2C1(C)C.